The molecule has 0 N–H and O–H groups in total. The van der Waals surface area contributed by atoms with Crippen molar-refractivity contribution in [2.75, 3.05) is 0 Å². The van der Waals surface area contributed by atoms with Gasteiger partial charge in [0.05, 0.1) is 0 Å². The van der Waals surface area contributed by atoms with Crippen LogP contribution in [0, 0.1) is 11.7 Å². The van der Waals surface area contributed by atoms with Crippen LogP contribution in [-0.4, -0.2) is 6.17 Å². The Morgan fingerprint density at radius 2 is 1.79 bits per heavy atom. The fraction of sp³-hybridized carbons (Fsp3) is 0.481. The van der Waals surface area contributed by atoms with Crippen LogP contribution >= 0.6 is 0 Å². The van der Waals surface area contributed by atoms with Crippen LogP contribution in [-0.2, 0) is 12.8 Å². The first-order valence-electron chi connectivity index (χ1n) is 11.3. The van der Waals surface area contributed by atoms with E-state index in [1.807, 2.05) is 6.07 Å². The minimum absolute atomic E-state index is 0.0514. The van der Waals surface area contributed by atoms with E-state index >= 15 is 0 Å². The number of rotatable bonds is 6. The smallest absolute Gasteiger partial charge is 0.123 e. The summed E-state index contributed by atoms with van der Waals surface area (Å²) in [7, 11) is 0. The molecule has 1 fully saturated rings. The van der Waals surface area contributed by atoms with Crippen LogP contribution in [0.25, 0.3) is 5.57 Å². The highest BCUT2D eigenvalue weighted by Crippen LogP contribution is 2.40. The lowest BCUT2D eigenvalue weighted by atomic mass is 9.75. The van der Waals surface area contributed by atoms with E-state index in [4.69, 9.17) is 0 Å². The third-order valence-electron chi connectivity index (χ3n) is 6.92. The zero-order valence-corrected chi connectivity index (χ0v) is 17.5. The third-order valence-corrected chi connectivity index (χ3v) is 6.92. The van der Waals surface area contributed by atoms with Crippen LogP contribution in [0.3, 0.4) is 0 Å². The van der Waals surface area contributed by atoms with E-state index in [2.05, 4.69) is 37.3 Å². The van der Waals surface area contributed by atoms with Gasteiger partial charge in [0.25, 0.3) is 0 Å². The van der Waals surface area contributed by atoms with Gasteiger partial charge in [-0.05, 0) is 78.0 Å². The van der Waals surface area contributed by atoms with Crippen molar-refractivity contribution in [3.63, 3.8) is 0 Å². The Hall–Kier alpha value is -1.96. The summed E-state index contributed by atoms with van der Waals surface area (Å²) in [5.41, 5.74) is 5.92. The molecule has 1 saturated carbocycles. The number of alkyl halides is 1. The van der Waals surface area contributed by atoms with Crippen molar-refractivity contribution in [3.8, 4) is 0 Å². The van der Waals surface area contributed by atoms with Crippen molar-refractivity contribution in [2.45, 2.75) is 76.8 Å². The second-order valence-electron chi connectivity index (χ2n) is 8.94. The number of halogens is 2. The molecule has 0 radical (unpaired) electrons. The highest BCUT2D eigenvalue weighted by atomic mass is 19.1. The van der Waals surface area contributed by atoms with Gasteiger partial charge in [-0.15, -0.1) is 0 Å². The van der Waals surface area contributed by atoms with E-state index < -0.39 is 6.17 Å². The molecule has 2 aromatic carbocycles. The maximum atomic E-state index is 14.9. The second-order valence-corrected chi connectivity index (χ2v) is 8.94. The van der Waals surface area contributed by atoms with Gasteiger partial charge in [0.1, 0.15) is 12.0 Å². The van der Waals surface area contributed by atoms with Crippen LogP contribution in [0.5, 0.6) is 0 Å². The second kappa shape index (κ2) is 9.24. The molecular formula is C27H32F2. The Morgan fingerprint density at radius 1 is 0.966 bits per heavy atom. The zero-order chi connectivity index (χ0) is 20.2. The van der Waals surface area contributed by atoms with Crippen LogP contribution in [0.1, 0.15) is 80.0 Å². The molecule has 4 rings (SSSR count). The zero-order valence-electron chi connectivity index (χ0n) is 17.5. The van der Waals surface area contributed by atoms with E-state index in [-0.39, 0.29) is 11.7 Å². The Morgan fingerprint density at radius 3 is 2.55 bits per heavy atom. The summed E-state index contributed by atoms with van der Waals surface area (Å²) in [6.07, 6.45) is 10.9. The summed E-state index contributed by atoms with van der Waals surface area (Å²) >= 11 is 0. The van der Waals surface area contributed by atoms with Crippen molar-refractivity contribution in [2.24, 2.45) is 5.92 Å². The minimum atomic E-state index is -0.711. The maximum Gasteiger partial charge on any atom is 0.123 e. The monoisotopic (exact) mass is 394 g/mol. The van der Waals surface area contributed by atoms with E-state index in [1.54, 1.807) is 12.1 Å². The van der Waals surface area contributed by atoms with Crippen LogP contribution < -0.4 is 0 Å². The van der Waals surface area contributed by atoms with Crippen LogP contribution in [0.2, 0.25) is 0 Å². The molecule has 0 heterocycles. The summed E-state index contributed by atoms with van der Waals surface area (Å²) < 4.78 is 28.3. The van der Waals surface area contributed by atoms with E-state index in [1.165, 1.54) is 42.4 Å². The lowest BCUT2D eigenvalue weighted by molar-refractivity contribution is 0.162. The Labute approximate surface area is 174 Å². The fourth-order valence-corrected chi connectivity index (χ4v) is 5.15. The molecule has 0 aliphatic heterocycles. The molecular weight excluding hydrogens is 362 g/mol. The maximum absolute atomic E-state index is 14.9. The summed E-state index contributed by atoms with van der Waals surface area (Å²) in [5.74, 6) is 0.464. The largest absolute Gasteiger partial charge is 0.247 e. The molecule has 0 nitrogen and oxygen atoms in total. The number of allylic oxidation sites excluding steroid dienone is 2. The predicted octanol–water partition coefficient (Wildman–Crippen LogP) is 7.81. The first kappa shape index (κ1) is 20.3. The lowest BCUT2D eigenvalue weighted by Crippen LogP contribution is -2.24. The normalized spacial score (nSPS) is 24.1. The van der Waals surface area contributed by atoms with Gasteiger partial charge < -0.3 is 0 Å². The number of unbranched alkanes of at least 4 members (excludes halogenated alkanes) is 2. The van der Waals surface area contributed by atoms with Gasteiger partial charge in [-0.25, -0.2) is 8.78 Å². The van der Waals surface area contributed by atoms with Gasteiger partial charge in [-0.1, -0.05) is 69.0 Å². The first-order chi connectivity index (χ1) is 14.1. The van der Waals surface area contributed by atoms with Gasteiger partial charge in [-0.3, -0.25) is 0 Å². The first-order valence-corrected chi connectivity index (χ1v) is 11.3. The van der Waals surface area contributed by atoms with Gasteiger partial charge >= 0.3 is 0 Å². The molecule has 29 heavy (non-hydrogen) atoms. The van der Waals surface area contributed by atoms with Crippen LogP contribution in [0.15, 0.2) is 48.5 Å². The van der Waals surface area contributed by atoms with Crippen LogP contribution in [0.4, 0.5) is 8.78 Å². The van der Waals surface area contributed by atoms with Gasteiger partial charge in [0.15, 0.2) is 0 Å². The molecule has 0 saturated heterocycles. The van der Waals surface area contributed by atoms with Gasteiger partial charge in [-0.2, -0.15) is 0 Å². The molecule has 2 aliphatic rings. The molecule has 0 spiro atoms. The summed E-state index contributed by atoms with van der Waals surface area (Å²) in [6.45, 7) is 2.22. The minimum Gasteiger partial charge on any atom is -0.247 e. The third kappa shape index (κ3) is 4.79. The molecule has 2 aliphatic carbocycles. The standard InChI is InChI=1S/C27H32F2/c1-2-3-4-5-19-6-15-26(27(29)16-19)21-9-7-20(8-10-21)22-11-12-24-18-25(28)14-13-23(24)17-22/h7-11,13-14,18-19,26-27H,2-6,12,15-17H2,1H3. The topological polar surface area (TPSA) is 0 Å². The summed E-state index contributed by atoms with van der Waals surface area (Å²) in [5, 5.41) is 0. The lowest BCUT2D eigenvalue weighted by Gasteiger charge is -2.32. The molecule has 2 aromatic rings. The highest BCUT2D eigenvalue weighted by Gasteiger charge is 2.31. The number of fused-ring (bicyclic) bond motifs is 1. The van der Waals surface area contributed by atoms with E-state index in [0.29, 0.717) is 5.92 Å². The Kier molecular flexibility index (Phi) is 6.47. The Bertz CT molecular complexity index is 849. The number of hydrogen-bond acceptors (Lipinski definition) is 0. The van der Waals surface area contributed by atoms with Crippen molar-refractivity contribution >= 4 is 5.57 Å². The van der Waals surface area contributed by atoms with Gasteiger partial charge in [0, 0.05) is 5.92 Å². The molecule has 3 unspecified atom stereocenters. The highest BCUT2D eigenvalue weighted by molar-refractivity contribution is 5.70. The van der Waals surface area contributed by atoms with Crippen molar-refractivity contribution in [1.82, 2.24) is 0 Å². The Balaban J connectivity index is 1.39. The summed E-state index contributed by atoms with van der Waals surface area (Å²) in [4.78, 5) is 0. The van der Waals surface area contributed by atoms with Gasteiger partial charge in [0.2, 0.25) is 0 Å². The van der Waals surface area contributed by atoms with Crippen molar-refractivity contribution in [3.05, 3.63) is 76.6 Å². The van der Waals surface area contributed by atoms with E-state index in [0.717, 1.165) is 43.2 Å². The quantitative estimate of drug-likeness (QED) is 0.438. The molecule has 3 atom stereocenters. The molecule has 0 aromatic heterocycles. The average Bonchev–Trinajstić information content (AvgIpc) is 2.74. The average molecular weight is 395 g/mol. The molecule has 2 heteroatoms. The number of hydrogen-bond donors (Lipinski definition) is 0. The molecule has 0 amide bonds. The predicted molar refractivity (Wildman–Crippen MR) is 117 cm³/mol. The molecule has 154 valence electrons. The summed E-state index contributed by atoms with van der Waals surface area (Å²) in [6, 6.07) is 13.6. The number of benzene rings is 2. The fourth-order valence-electron chi connectivity index (χ4n) is 5.15. The molecule has 0 bridgehead atoms. The van der Waals surface area contributed by atoms with Crippen molar-refractivity contribution in [1.29, 1.82) is 0 Å². The SMILES string of the molecule is CCCCCC1CCC(c2ccc(C3=CCc4cc(F)ccc4C3)cc2)C(F)C1. The van der Waals surface area contributed by atoms with Crippen molar-refractivity contribution < 1.29 is 8.78 Å². The van der Waals surface area contributed by atoms with E-state index in [9.17, 15) is 8.78 Å².